The number of ether oxygens (including phenoxy) is 1. The van der Waals surface area contributed by atoms with Gasteiger partial charge < -0.3 is 10.1 Å². The molecule has 6 nitrogen and oxygen atoms in total. The van der Waals surface area contributed by atoms with Crippen molar-refractivity contribution in [1.29, 1.82) is 0 Å². The molecule has 1 N–H and O–H groups in total. The normalized spacial score (nSPS) is 10.4. The molecule has 7 heteroatoms. The van der Waals surface area contributed by atoms with Gasteiger partial charge in [-0.3, -0.25) is 10.1 Å². The summed E-state index contributed by atoms with van der Waals surface area (Å²) in [4.78, 5) is 14.7. The summed E-state index contributed by atoms with van der Waals surface area (Å²) in [6.07, 6.45) is 1.68. The highest BCUT2D eigenvalue weighted by Gasteiger charge is 2.16. The number of nitrogens with zero attached hydrogens (tertiary/aromatic N) is 2. The molecule has 0 saturated carbocycles. The van der Waals surface area contributed by atoms with Gasteiger partial charge in [-0.25, -0.2) is 4.98 Å². The molecule has 106 valence electrons. The zero-order valence-corrected chi connectivity index (χ0v) is 11.9. The molecule has 0 unspecified atom stereocenters. The largest absolute Gasteiger partial charge is 0.479 e. The average molecular weight is 293 g/mol. The van der Waals surface area contributed by atoms with Crippen molar-refractivity contribution in [3.8, 4) is 5.75 Å². The van der Waals surface area contributed by atoms with Crippen LogP contribution in [0.25, 0.3) is 0 Å². The Labute approximate surface area is 120 Å². The highest BCUT2D eigenvalue weighted by Crippen LogP contribution is 2.29. The van der Waals surface area contributed by atoms with Gasteiger partial charge in [-0.1, -0.05) is 13.0 Å². The Morgan fingerprint density at radius 1 is 1.50 bits per heavy atom. The monoisotopic (exact) mass is 293 g/mol. The Kier molecular flexibility index (Phi) is 5.03. The summed E-state index contributed by atoms with van der Waals surface area (Å²) in [5.74, 6) is 0.278. The first kappa shape index (κ1) is 14.4. The molecule has 0 saturated heterocycles. The van der Waals surface area contributed by atoms with E-state index in [9.17, 15) is 10.1 Å². The van der Waals surface area contributed by atoms with Gasteiger partial charge >= 0.3 is 5.69 Å². The maximum absolute atomic E-state index is 11.0. The fourth-order valence-electron chi connectivity index (χ4n) is 1.67. The first-order chi connectivity index (χ1) is 9.70. The first-order valence-corrected chi connectivity index (χ1v) is 7.08. The molecule has 0 atom stereocenters. The van der Waals surface area contributed by atoms with Crippen LogP contribution in [0.4, 0.5) is 5.69 Å². The molecule has 0 amide bonds. The molecular weight excluding hydrogens is 278 g/mol. The van der Waals surface area contributed by atoms with Crippen molar-refractivity contribution in [2.24, 2.45) is 0 Å². The topological polar surface area (TPSA) is 77.3 Å². The van der Waals surface area contributed by atoms with Gasteiger partial charge in [0.15, 0.2) is 5.75 Å². The minimum atomic E-state index is -0.436. The van der Waals surface area contributed by atoms with E-state index in [4.69, 9.17) is 4.74 Å². The van der Waals surface area contributed by atoms with Crippen LogP contribution in [0.15, 0.2) is 29.8 Å². The number of hydrogen-bond acceptors (Lipinski definition) is 6. The smallest absolute Gasteiger partial charge is 0.310 e. The third kappa shape index (κ3) is 3.75. The average Bonchev–Trinajstić information content (AvgIpc) is 2.96. The van der Waals surface area contributed by atoms with Gasteiger partial charge in [0.1, 0.15) is 11.6 Å². The lowest BCUT2D eigenvalue weighted by Crippen LogP contribution is -2.12. The second-order valence-corrected chi connectivity index (χ2v) is 5.03. The number of thiazole rings is 1. The number of rotatable bonds is 7. The number of nitro groups is 1. The van der Waals surface area contributed by atoms with E-state index in [1.54, 1.807) is 18.3 Å². The molecule has 1 aromatic carbocycles. The summed E-state index contributed by atoms with van der Waals surface area (Å²) >= 11 is 1.46. The Hall–Kier alpha value is -1.99. The number of benzene rings is 1. The maximum Gasteiger partial charge on any atom is 0.310 e. The third-order valence-corrected chi connectivity index (χ3v) is 3.39. The van der Waals surface area contributed by atoms with Crippen LogP contribution in [0, 0.1) is 10.1 Å². The van der Waals surface area contributed by atoms with Gasteiger partial charge in [0.2, 0.25) is 0 Å². The summed E-state index contributed by atoms with van der Waals surface area (Å²) in [5, 5.41) is 16.8. The zero-order valence-electron chi connectivity index (χ0n) is 11.0. The van der Waals surface area contributed by atoms with Crippen molar-refractivity contribution in [1.82, 2.24) is 10.3 Å². The Balaban J connectivity index is 2.15. The number of nitrogens with one attached hydrogen (secondary N) is 1. The van der Waals surface area contributed by atoms with Crippen LogP contribution in [0.3, 0.4) is 0 Å². The Morgan fingerprint density at radius 3 is 3.00 bits per heavy atom. The quantitative estimate of drug-likeness (QED) is 0.627. The lowest BCUT2D eigenvalue weighted by Gasteiger charge is -2.08. The van der Waals surface area contributed by atoms with Gasteiger partial charge in [0.25, 0.3) is 0 Å². The summed E-state index contributed by atoms with van der Waals surface area (Å²) in [5.41, 5.74) is 0.924. The highest BCUT2D eigenvalue weighted by molar-refractivity contribution is 7.09. The molecule has 0 aliphatic rings. The minimum Gasteiger partial charge on any atom is -0.479 e. The predicted molar refractivity (Wildman–Crippen MR) is 76.9 cm³/mol. The lowest BCUT2D eigenvalue weighted by atomic mass is 10.2. The van der Waals surface area contributed by atoms with Gasteiger partial charge in [0, 0.05) is 24.2 Å². The fraction of sp³-hybridized carbons (Fsp3) is 0.308. The SMILES string of the molecule is CCNCc1ccc([N+](=O)[O-])c(OCc2nccs2)c1. The van der Waals surface area contributed by atoms with Gasteiger partial charge in [-0.15, -0.1) is 11.3 Å². The van der Waals surface area contributed by atoms with Crippen LogP contribution >= 0.6 is 11.3 Å². The van der Waals surface area contributed by atoms with Crippen LogP contribution in [-0.4, -0.2) is 16.5 Å². The van der Waals surface area contributed by atoms with E-state index < -0.39 is 4.92 Å². The first-order valence-electron chi connectivity index (χ1n) is 6.20. The van der Waals surface area contributed by atoms with Crippen molar-refractivity contribution in [3.63, 3.8) is 0 Å². The van der Waals surface area contributed by atoms with Crippen molar-refractivity contribution >= 4 is 17.0 Å². The Morgan fingerprint density at radius 2 is 2.35 bits per heavy atom. The molecule has 1 aromatic heterocycles. The molecule has 20 heavy (non-hydrogen) atoms. The lowest BCUT2D eigenvalue weighted by molar-refractivity contribution is -0.386. The van der Waals surface area contributed by atoms with E-state index in [2.05, 4.69) is 10.3 Å². The van der Waals surface area contributed by atoms with Gasteiger partial charge in [0.05, 0.1) is 4.92 Å². The van der Waals surface area contributed by atoms with Crippen LogP contribution in [-0.2, 0) is 13.2 Å². The van der Waals surface area contributed by atoms with Crippen LogP contribution < -0.4 is 10.1 Å². The van der Waals surface area contributed by atoms with Crippen molar-refractivity contribution < 1.29 is 9.66 Å². The molecule has 2 aromatic rings. The summed E-state index contributed by atoms with van der Waals surface area (Å²) < 4.78 is 5.54. The van der Waals surface area contributed by atoms with Gasteiger partial charge in [-0.2, -0.15) is 0 Å². The van der Waals surface area contributed by atoms with E-state index >= 15 is 0 Å². The fourth-order valence-corrected chi connectivity index (χ4v) is 2.20. The van der Waals surface area contributed by atoms with Crippen molar-refractivity contribution in [2.45, 2.75) is 20.1 Å². The molecule has 2 rings (SSSR count). The van der Waals surface area contributed by atoms with Crippen molar-refractivity contribution in [2.75, 3.05) is 6.54 Å². The number of aromatic nitrogens is 1. The number of nitro benzene ring substituents is 1. The second kappa shape index (κ2) is 6.97. The van der Waals surface area contributed by atoms with Crippen LogP contribution in [0.2, 0.25) is 0 Å². The standard InChI is InChI=1S/C13H15N3O3S/c1-2-14-8-10-3-4-11(16(17)18)12(7-10)19-9-13-15-5-6-20-13/h3-7,14H,2,8-9H2,1H3. The molecule has 0 aliphatic carbocycles. The second-order valence-electron chi connectivity index (χ2n) is 4.05. The maximum atomic E-state index is 11.0. The predicted octanol–water partition coefficient (Wildman–Crippen LogP) is 2.74. The van der Waals surface area contributed by atoms with E-state index in [1.165, 1.54) is 17.4 Å². The van der Waals surface area contributed by atoms with Crippen molar-refractivity contribution in [3.05, 3.63) is 50.5 Å². The van der Waals surface area contributed by atoms with Gasteiger partial charge in [-0.05, 0) is 18.2 Å². The summed E-state index contributed by atoms with van der Waals surface area (Å²) in [6.45, 7) is 3.74. The van der Waals surface area contributed by atoms with Crippen LogP contribution in [0.5, 0.6) is 5.75 Å². The molecule has 0 radical (unpaired) electrons. The molecule has 0 bridgehead atoms. The zero-order chi connectivity index (χ0) is 14.4. The minimum absolute atomic E-state index is 0.0261. The van der Waals surface area contributed by atoms with E-state index in [1.807, 2.05) is 12.3 Å². The molecular formula is C13H15N3O3S. The van der Waals surface area contributed by atoms with Crippen LogP contribution in [0.1, 0.15) is 17.5 Å². The third-order valence-electron chi connectivity index (χ3n) is 2.63. The molecule has 0 fully saturated rings. The van der Waals surface area contributed by atoms with E-state index in [-0.39, 0.29) is 18.0 Å². The summed E-state index contributed by atoms with van der Waals surface area (Å²) in [7, 11) is 0. The molecule has 0 aliphatic heterocycles. The van der Waals surface area contributed by atoms with E-state index in [0.29, 0.717) is 6.54 Å². The molecule has 1 heterocycles. The number of hydrogen-bond donors (Lipinski definition) is 1. The summed E-state index contributed by atoms with van der Waals surface area (Å²) in [6, 6.07) is 4.91. The van der Waals surface area contributed by atoms with E-state index in [0.717, 1.165) is 17.1 Å². The Bertz CT molecular complexity index is 572. The highest BCUT2D eigenvalue weighted by atomic mass is 32.1. The molecule has 0 spiro atoms.